The summed E-state index contributed by atoms with van der Waals surface area (Å²) in [6, 6.07) is 0. The predicted molar refractivity (Wildman–Crippen MR) is 71.2 cm³/mol. The number of hydrogen-bond donors (Lipinski definition) is 2. The van der Waals surface area contributed by atoms with Crippen LogP contribution in [0.15, 0.2) is 36.1 Å². The van der Waals surface area contributed by atoms with Crippen LogP contribution in [0.25, 0.3) is 0 Å². The zero-order valence-electron chi connectivity index (χ0n) is 11.3. The number of nitrogens with two attached hydrogens (primary N) is 2. The Balaban J connectivity index is 2.80. The molecule has 1 aliphatic carbocycles. The topological polar surface area (TPSA) is 81.6 Å². The quantitative estimate of drug-likeness (QED) is 0.423. The second-order valence-electron chi connectivity index (χ2n) is 5.50. The molecule has 0 radical (unpaired) electrons. The summed E-state index contributed by atoms with van der Waals surface area (Å²) in [5, 5.41) is 0.966. The van der Waals surface area contributed by atoms with Crippen molar-refractivity contribution in [2.24, 2.45) is 11.6 Å². The molecule has 0 spiro atoms. The van der Waals surface area contributed by atoms with E-state index in [4.69, 9.17) is 16.3 Å². The van der Waals surface area contributed by atoms with Crippen LogP contribution in [0.2, 0.25) is 0 Å². The van der Waals surface area contributed by atoms with Gasteiger partial charge in [-0.15, -0.1) is 0 Å². The highest BCUT2D eigenvalue weighted by molar-refractivity contribution is 5.70. The molecule has 18 heavy (non-hydrogen) atoms. The Kier molecular flexibility index (Phi) is 3.98. The lowest BCUT2D eigenvalue weighted by molar-refractivity contribution is 0.0318. The van der Waals surface area contributed by atoms with Crippen LogP contribution in [-0.2, 0) is 4.74 Å². The molecule has 5 heteroatoms. The zero-order valence-corrected chi connectivity index (χ0v) is 11.3. The van der Waals surface area contributed by atoms with Crippen LogP contribution in [0, 0.1) is 0 Å². The molecule has 0 saturated heterocycles. The largest absolute Gasteiger partial charge is 0.442 e. The molecule has 0 fully saturated rings. The maximum absolute atomic E-state index is 11.8. The third kappa shape index (κ3) is 4.35. The van der Waals surface area contributed by atoms with Crippen LogP contribution in [0.4, 0.5) is 4.79 Å². The molecule has 0 aromatic heterocycles. The Labute approximate surface area is 108 Å². The highest BCUT2D eigenvalue weighted by atomic mass is 16.6. The van der Waals surface area contributed by atoms with Gasteiger partial charge in [0.25, 0.3) is 0 Å². The van der Waals surface area contributed by atoms with Crippen molar-refractivity contribution in [1.82, 2.24) is 5.01 Å². The summed E-state index contributed by atoms with van der Waals surface area (Å²) in [5.74, 6) is 5.72. The first-order chi connectivity index (χ1) is 8.11. The van der Waals surface area contributed by atoms with Crippen molar-refractivity contribution in [2.75, 3.05) is 0 Å². The Hall–Kier alpha value is -1.59. The maximum Gasteiger partial charge on any atom is 0.429 e. The number of hydrazine groups is 1. The molecule has 0 heterocycles. The fourth-order valence-corrected chi connectivity index (χ4v) is 1.31. The third-order valence-corrected chi connectivity index (χ3v) is 2.20. The van der Waals surface area contributed by atoms with Gasteiger partial charge < -0.3 is 10.5 Å². The highest BCUT2D eigenvalue weighted by Crippen LogP contribution is 2.15. The minimum absolute atomic E-state index is 0.523. The van der Waals surface area contributed by atoms with Crippen LogP contribution >= 0.6 is 0 Å². The van der Waals surface area contributed by atoms with Gasteiger partial charge in [0.1, 0.15) is 5.60 Å². The average molecular weight is 251 g/mol. The van der Waals surface area contributed by atoms with Gasteiger partial charge in [-0.25, -0.2) is 15.6 Å². The molecule has 1 atom stereocenters. The minimum atomic E-state index is -0.604. The predicted octanol–water partition coefficient (Wildman–Crippen LogP) is 1.82. The van der Waals surface area contributed by atoms with Crippen LogP contribution in [0.1, 0.15) is 27.7 Å². The van der Waals surface area contributed by atoms with E-state index in [9.17, 15) is 4.79 Å². The highest BCUT2D eigenvalue weighted by Gasteiger charge is 2.22. The minimum Gasteiger partial charge on any atom is -0.442 e. The van der Waals surface area contributed by atoms with Crippen molar-refractivity contribution >= 4 is 6.09 Å². The normalized spacial score (nSPS) is 23.3. The van der Waals surface area contributed by atoms with E-state index in [2.05, 4.69) is 0 Å². The first-order valence-electron chi connectivity index (χ1n) is 5.76. The number of ether oxygens (including phenoxy) is 1. The number of carbonyl (C=O) groups excluding carboxylic acids is 1. The van der Waals surface area contributed by atoms with E-state index in [1.54, 1.807) is 45.1 Å². The molecular weight excluding hydrogens is 230 g/mol. The third-order valence-electron chi connectivity index (χ3n) is 2.20. The molecule has 1 aliphatic rings. The van der Waals surface area contributed by atoms with Crippen LogP contribution in [0.3, 0.4) is 0 Å². The lowest BCUT2D eigenvalue weighted by Crippen LogP contribution is -2.40. The lowest BCUT2D eigenvalue weighted by atomic mass is 10.0. The van der Waals surface area contributed by atoms with Gasteiger partial charge in [-0.05, 0) is 39.8 Å². The lowest BCUT2D eigenvalue weighted by Gasteiger charge is -2.24. The van der Waals surface area contributed by atoms with Gasteiger partial charge in [0.05, 0.1) is 11.2 Å². The average Bonchev–Trinajstić information content (AvgIpc) is 2.35. The molecule has 5 nitrogen and oxygen atoms in total. The van der Waals surface area contributed by atoms with Crippen LogP contribution in [0.5, 0.6) is 0 Å². The van der Waals surface area contributed by atoms with Crippen molar-refractivity contribution in [2.45, 2.75) is 38.8 Å². The molecular formula is C13H21N3O2. The zero-order chi connectivity index (χ0) is 14.0. The Bertz CT molecular complexity index is 414. The van der Waals surface area contributed by atoms with Crippen LogP contribution < -0.4 is 11.6 Å². The van der Waals surface area contributed by atoms with Gasteiger partial charge >= 0.3 is 6.09 Å². The van der Waals surface area contributed by atoms with Crippen LogP contribution in [-0.4, -0.2) is 22.2 Å². The van der Waals surface area contributed by atoms with E-state index in [1.165, 1.54) is 0 Å². The van der Waals surface area contributed by atoms with E-state index in [1.807, 2.05) is 13.0 Å². The van der Waals surface area contributed by atoms with Crippen molar-refractivity contribution in [3.05, 3.63) is 36.1 Å². The summed E-state index contributed by atoms with van der Waals surface area (Å²) in [6.07, 6.45) is 8.15. The fraction of sp³-hybridized carbons (Fsp3) is 0.462. The van der Waals surface area contributed by atoms with E-state index in [-0.39, 0.29) is 0 Å². The number of carbonyl (C=O) groups is 1. The van der Waals surface area contributed by atoms with Crippen molar-refractivity contribution in [1.29, 1.82) is 0 Å². The molecule has 0 bridgehead atoms. The van der Waals surface area contributed by atoms with E-state index < -0.39 is 17.2 Å². The SMILES string of the molecule is CC1(N)C=CC=C(N(N)C(=O)OC(C)(C)C)C=C1. The molecule has 0 aliphatic heterocycles. The smallest absolute Gasteiger partial charge is 0.429 e. The molecule has 0 aromatic carbocycles. The first kappa shape index (κ1) is 14.5. The van der Waals surface area contributed by atoms with Gasteiger partial charge in [-0.1, -0.05) is 18.2 Å². The van der Waals surface area contributed by atoms with Crippen molar-refractivity contribution < 1.29 is 9.53 Å². The Morgan fingerprint density at radius 2 is 2.00 bits per heavy atom. The molecule has 1 rings (SSSR count). The summed E-state index contributed by atoms with van der Waals surface area (Å²) in [5.41, 5.74) is 5.33. The monoisotopic (exact) mass is 251 g/mol. The van der Waals surface area contributed by atoms with Crippen molar-refractivity contribution in [3.8, 4) is 0 Å². The number of rotatable bonds is 1. The summed E-state index contributed by atoms with van der Waals surface area (Å²) in [4.78, 5) is 11.8. The van der Waals surface area contributed by atoms with Gasteiger partial charge in [-0.2, -0.15) is 0 Å². The molecule has 0 saturated carbocycles. The van der Waals surface area contributed by atoms with Gasteiger partial charge in [-0.3, -0.25) is 0 Å². The molecule has 0 aromatic rings. The summed E-state index contributed by atoms with van der Waals surface area (Å²) in [7, 11) is 0. The van der Waals surface area contributed by atoms with Gasteiger partial charge in [0, 0.05) is 0 Å². The fourth-order valence-electron chi connectivity index (χ4n) is 1.31. The maximum atomic E-state index is 11.8. The number of hydrogen-bond acceptors (Lipinski definition) is 4. The Morgan fingerprint density at radius 1 is 1.39 bits per heavy atom. The number of allylic oxidation sites excluding steroid dienone is 3. The van der Waals surface area contributed by atoms with Gasteiger partial charge in [0.2, 0.25) is 0 Å². The second-order valence-corrected chi connectivity index (χ2v) is 5.50. The van der Waals surface area contributed by atoms with E-state index in [0.717, 1.165) is 5.01 Å². The molecule has 1 amide bonds. The van der Waals surface area contributed by atoms with E-state index in [0.29, 0.717) is 5.70 Å². The summed E-state index contributed by atoms with van der Waals surface area (Å²) in [6.45, 7) is 7.21. The van der Waals surface area contributed by atoms with E-state index >= 15 is 0 Å². The number of amides is 1. The second kappa shape index (κ2) is 4.96. The molecule has 100 valence electrons. The first-order valence-corrected chi connectivity index (χ1v) is 5.76. The van der Waals surface area contributed by atoms with Gasteiger partial charge in [0.15, 0.2) is 0 Å². The summed E-state index contributed by atoms with van der Waals surface area (Å²) >= 11 is 0. The molecule has 1 unspecified atom stereocenters. The van der Waals surface area contributed by atoms with Crippen molar-refractivity contribution in [3.63, 3.8) is 0 Å². The number of nitrogens with zero attached hydrogens (tertiary/aromatic N) is 1. The Morgan fingerprint density at radius 3 is 2.56 bits per heavy atom. The summed E-state index contributed by atoms with van der Waals surface area (Å²) < 4.78 is 5.18. The standard InChI is InChI=1S/C13H21N3O2/c1-12(2,3)18-11(17)16(15)10-6-5-8-13(4,14)9-7-10/h5-9H,14-15H2,1-4H3. The molecule has 4 N–H and O–H groups in total.